The Morgan fingerprint density at radius 2 is 1.48 bits per heavy atom. The van der Waals surface area contributed by atoms with Crippen LogP contribution in [-0.4, -0.2) is 57.0 Å². The summed E-state index contributed by atoms with van der Waals surface area (Å²) >= 11 is 0. The van der Waals surface area contributed by atoms with Crippen molar-refractivity contribution in [2.45, 2.75) is 75.4 Å². The summed E-state index contributed by atoms with van der Waals surface area (Å²) in [5.41, 5.74) is 4.78. The smallest absolute Gasteiger partial charge is 0.254 e. The van der Waals surface area contributed by atoms with E-state index in [0.717, 1.165) is 66.6 Å². The van der Waals surface area contributed by atoms with Gasteiger partial charge in [0, 0.05) is 36.8 Å². The first-order valence-corrected chi connectivity index (χ1v) is 16.6. The van der Waals surface area contributed by atoms with Crippen LogP contribution < -0.4 is 0 Å². The van der Waals surface area contributed by atoms with Crippen molar-refractivity contribution in [2.75, 3.05) is 19.6 Å². The Kier molecular flexibility index (Phi) is 7.02. The topological polar surface area (TPSA) is 41.4 Å². The Morgan fingerprint density at radius 1 is 0.795 bits per heavy atom. The van der Waals surface area contributed by atoms with Gasteiger partial charge in [0.25, 0.3) is 5.91 Å². The number of rotatable bonds is 6. The van der Waals surface area contributed by atoms with Crippen LogP contribution in [0.1, 0.15) is 72.7 Å². The van der Waals surface area contributed by atoms with Crippen molar-refractivity contribution in [1.82, 2.24) is 19.4 Å². The highest BCUT2D eigenvalue weighted by atomic mass is 16.2. The summed E-state index contributed by atoms with van der Waals surface area (Å²) in [7, 11) is 0. The van der Waals surface area contributed by atoms with E-state index in [1.165, 1.54) is 36.8 Å². The molecule has 5 nitrogen and oxygen atoms in total. The van der Waals surface area contributed by atoms with Crippen molar-refractivity contribution in [3.8, 4) is 0 Å². The Bertz CT molecular complexity index is 1780. The van der Waals surface area contributed by atoms with E-state index in [4.69, 9.17) is 4.98 Å². The van der Waals surface area contributed by atoms with E-state index in [9.17, 15) is 4.79 Å². The Morgan fingerprint density at radius 3 is 2.27 bits per heavy atom. The van der Waals surface area contributed by atoms with Crippen LogP contribution in [0, 0.1) is 6.92 Å². The third-order valence-corrected chi connectivity index (χ3v) is 11.3. The van der Waals surface area contributed by atoms with Crippen molar-refractivity contribution in [2.24, 2.45) is 0 Å². The van der Waals surface area contributed by atoms with Crippen LogP contribution in [0.5, 0.6) is 0 Å². The number of benzene rings is 4. The summed E-state index contributed by atoms with van der Waals surface area (Å²) in [5, 5.41) is 2.18. The Balaban J connectivity index is 0.991. The molecule has 0 radical (unpaired) electrons. The molecule has 5 aromatic rings. The molecule has 44 heavy (non-hydrogen) atoms. The quantitative estimate of drug-likeness (QED) is 0.204. The molecule has 0 saturated carbocycles. The van der Waals surface area contributed by atoms with Crippen molar-refractivity contribution >= 4 is 27.7 Å². The molecule has 1 aromatic heterocycles. The number of piperidine rings is 2. The number of imidazole rings is 1. The summed E-state index contributed by atoms with van der Waals surface area (Å²) in [4.78, 5) is 23.7. The highest BCUT2D eigenvalue weighted by molar-refractivity contribution is 6.07. The standard InChI is InChI=1S/C39H42N4O/c1-28-40-36-16-7-8-17-37(36)43(28)33-26-31-18-19-32(27-33)42(31)25-22-39(30-12-3-2-4-13-30)20-23-41(24-21-39)38(44)35-15-9-11-29-10-5-6-14-34(29)35/h2-17,31-33H,18-27H2,1H3/t31-,32+,33?. The lowest BCUT2D eigenvalue weighted by Crippen LogP contribution is -2.49. The number of nitrogens with zero attached hydrogens (tertiary/aromatic N) is 4. The highest BCUT2D eigenvalue weighted by Crippen LogP contribution is 2.45. The van der Waals surface area contributed by atoms with Crippen LogP contribution in [0.3, 0.4) is 0 Å². The van der Waals surface area contributed by atoms with Gasteiger partial charge in [0.1, 0.15) is 5.82 Å². The average Bonchev–Trinajstić information content (AvgIpc) is 3.53. The number of carbonyl (C=O) groups excluding carboxylic acids is 1. The first kappa shape index (κ1) is 27.6. The number of amides is 1. The molecular weight excluding hydrogens is 540 g/mol. The predicted molar refractivity (Wildman–Crippen MR) is 178 cm³/mol. The second-order valence-corrected chi connectivity index (χ2v) is 13.5. The van der Waals surface area contributed by atoms with E-state index in [-0.39, 0.29) is 11.3 Å². The maximum absolute atomic E-state index is 13.8. The van der Waals surface area contributed by atoms with E-state index >= 15 is 0 Å². The van der Waals surface area contributed by atoms with Gasteiger partial charge in [-0.15, -0.1) is 0 Å². The van der Waals surface area contributed by atoms with E-state index in [2.05, 4.69) is 94.1 Å². The molecule has 1 unspecified atom stereocenters. The van der Waals surface area contributed by atoms with Gasteiger partial charge in [0.05, 0.1) is 11.0 Å². The number of aryl methyl sites for hydroxylation is 1. The molecule has 2 bridgehead atoms. The molecule has 3 atom stereocenters. The normalized spacial score (nSPS) is 23.4. The maximum Gasteiger partial charge on any atom is 0.254 e. The largest absolute Gasteiger partial charge is 0.339 e. The Labute approximate surface area is 260 Å². The number of hydrogen-bond donors (Lipinski definition) is 0. The fourth-order valence-electron chi connectivity index (χ4n) is 8.99. The van der Waals surface area contributed by atoms with Gasteiger partial charge in [-0.3, -0.25) is 9.69 Å². The van der Waals surface area contributed by atoms with Crippen LogP contribution in [-0.2, 0) is 5.41 Å². The van der Waals surface area contributed by atoms with Gasteiger partial charge in [-0.2, -0.15) is 0 Å². The Hall–Kier alpha value is -3.96. The van der Waals surface area contributed by atoms with Crippen molar-refractivity contribution in [3.63, 3.8) is 0 Å². The minimum atomic E-state index is 0.101. The monoisotopic (exact) mass is 582 g/mol. The third-order valence-electron chi connectivity index (χ3n) is 11.3. The lowest BCUT2D eigenvalue weighted by Gasteiger charge is -2.45. The molecule has 3 aliphatic rings. The minimum absolute atomic E-state index is 0.101. The molecule has 0 aliphatic carbocycles. The fraction of sp³-hybridized carbons (Fsp3) is 0.385. The second kappa shape index (κ2) is 11.2. The van der Waals surface area contributed by atoms with Gasteiger partial charge in [0.2, 0.25) is 0 Å². The second-order valence-electron chi connectivity index (χ2n) is 13.5. The molecule has 1 amide bonds. The van der Waals surface area contributed by atoms with Gasteiger partial charge in [-0.25, -0.2) is 4.98 Å². The highest BCUT2D eigenvalue weighted by Gasteiger charge is 2.44. The van der Waals surface area contributed by atoms with Crippen molar-refractivity contribution in [1.29, 1.82) is 0 Å². The summed E-state index contributed by atoms with van der Waals surface area (Å²) in [6.07, 6.45) is 8.21. The van der Waals surface area contributed by atoms with E-state index < -0.39 is 0 Å². The van der Waals surface area contributed by atoms with Crippen LogP contribution in [0.25, 0.3) is 21.8 Å². The SMILES string of the molecule is Cc1nc2ccccc2n1C1C[C@H]2CC[C@@H](C1)N2CCC1(c2ccccc2)CCN(C(=O)c2cccc3ccccc23)CC1. The first-order chi connectivity index (χ1) is 21.6. The van der Waals surface area contributed by atoms with Gasteiger partial charge in [-0.05, 0) is 98.4 Å². The zero-order chi connectivity index (χ0) is 29.7. The summed E-state index contributed by atoms with van der Waals surface area (Å²) in [6, 6.07) is 36.0. The van der Waals surface area contributed by atoms with E-state index in [1.54, 1.807) is 0 Å². The molecule has 5 heteroatoms. The zero-order valence-corrected chi connectivity index (χ0v) is 25.7. The van der Waals surface area contributed by atoms with Crippen LogP contribution in [0.2, 0.25) is 0 Å². The predicted octanol–water partition coefficient (Wildman–Crippen LogP) is 7.93. The average molecular weight is 583 g/mol. The number of para-hydroxylation sites is 2. The summed E-state index contributed by atoms with van der Waals surface area (Å²) in [5.74, 6) is 1.32. The summed E-state index contributed by atoms with van der Waals surface area (Å²) in [6.45, 7) is 4.92. The molecule has 224 valence electrons. The first-order valence-electron chi connectivity index (χ1n) is 16.6. The van der Waals surface area contributed by atoms with Gasteiger partial charge < -0.3 is 9.47 Å². The van der Waals surface area contributed by atoms with E-state index in [1.807, 2.05) is 24.3 Å². The number of aromatic nitrogens is 2. The van der Waals surface area contributed by atoms with Gasteiger partial charge in [-0.1, -0.05) is 78.9 Å². The fourth-order valence-corrected chi connectivity index (χ4v) is 8.99. The molecule has 8 rings (SSSR count). The maximum atomic E-state index is 13.8. The molecule has 0 N–H and O–H groups in total. The lowest BCUT2D eigenvalue weighted by molar-refractivity contribution is 0.0608. The van der Waals surface area contributed by atoms with Crippen LogP contribution in [0.4, 0.5) is 0 Å². The third kappa shape index (κ3) is 4.73. The zero-order valence-electron chi connectivity index (χ0n) is 25.7. The minimum Gasteiger partial charge on any atom is -0.339 e. The molecule has 3 fully saturated rings. The van der Waals surface area contributed by atoms with Crippen molar-refractivity contribution < 1.29 is 4.79 Å². The molecule has 3 aliphatic heterocycles. The molecule has 0 spiro atoms. The van der Waals surface area contributed by atoms with Gasteiger partial charge in [0.15, 0.2) is 0 Å². The molecule has 4 aromatic carbocycles. The van der Waals surface area contributed by atoms with Crippen LogP contribution >= 0.6 is 0 Å². The number of carbonyl (C=O) groups is 1. The number of hydrogen-bond acceptors (Lipinski definition) is 3. The van der Waals surface area contributed by atoms with E-state index in [0.29, 0.717) is 18.1 Å². The lowest BCUT2D eigenvalue weighted by atomic mass is 9.70. The number of likely N-dealkylation sites (tertiary alicyclic amines) is 1. The van der Waals surface area contributed by atoms with Crippen LogP contribution in [0.15, 0.2) is 97.1 Å². The number of fused-ring (bicyclic) bond motifs is 4. The van der Waals surface area contributed by atoms with Crippen molar-refractivity contribution in [3.05, 3.63) is 114 Å². The molecule has 4 heterocycles. The molecular formula is C39H42N4O. The summed E-state index contributed by atoms with van der Waals surface area (Å²) < 4.78 is 2.53. The molecule has 3 saturated heterocycles. The van der Waals surface area contributed by atoms with Gasteiger partial charge >= 0.3 is 0 Å².